The van der Waals surface area contributed by atoms with Crippen LogP contribution in [0.15, 0.2) is 53.3 Å². The highest BCUT2D eigenvalue weighted by Crippen LogP contribution is 2.12. The number of furan rings is 1. The molecular weight excluding hydrogens is 386 g/mol. The molecule has 7 heteroatoms. The van der Waals surface area contributed by atoms with Crippen LogP contribution in [0.1, 0.15) is 29.9 Å². The first-order chi connectivity index (χ1) is 14.2. The molecular formula is C22H27N3O3S. The summed E-state index contributed by atoms with van der Waals surface area (Å²) in [5.41, 5.74) is 2.15. The molecule has 0 saturated carbocycles. The molecule has 0 spiro atoms. The second kappa shape index (κ2) is 11.6. The Bertz CT molecular complexity index is 820. The second-order valence-electron chi connectivity index (χ2n) is 7.06. The molecule has 2 N–H and O–H groups in total. The zero-order chi connectivity index (χ0) is 20.3. The van der Waals surface area contributed by atoms with Crippen LogP contribution < -0.4 is 10.6 Å². The number of nitrogens with one attached hydrogen (secondary N) is 2. The minimum atomic E-state index is -0.135. The van der Waals surface area contributed by atoms with Crippen molar-refractivity contribution in [3.8, 4) is 0 Å². The fraction of sp³-hybridized carbons (Fsp3) is 0.409. The molecule has 0 bridgehead atoms. The Hall–Kier alpha value is -2.38. The van der Waals surface area contributed by atoms with Gasteiger partial charge in [0.25, 0.3) is 0 Å². The van der Waals surface area contributed by atoms with Crippen LogP contribution in [0.4, 0.5) is 0 Å². The lowest BCUT2D eigenvalue weighted by Crippen LogP contribution is -2.33. The minimum Gasteiger partial charge on any atom is -0.468 e. The fourth-order valence-electron chi connectivity index (χ4n) is 3.14. The van der Waals surface area contributed by atoms with E-state index in [-0.39, 0.29) is 18.2 Å². The molecule has 1 aliphatic heterocycles. The summed E-state index contributed by atoms with van der Waals surface area (Å²) in [5.74, 6) is 1.67. The Morgan fingerprint density at radius 3 is 3.03 bits per heavy atom. The normalized spacial score (nSPS) is 15.9. The fourth-order valence-corrected chi connectivity index (χ4v) is 3.89. The topological polar surface area (TPSA) is 84.2 Å². The number of hydrogen-bond acceptors (Lipinski definition) is 6. The van der Waals surface area contributed by atoms with E-state index in [1.165, 1.54) is 17.3 Å². The van der Waals surface area contributed by atoms with Gasteiger partial charge in [0.2, 0.25) is 5.91 Å². The average Bonchev–Trinajstić information content (AvgIpc) is 3.25. The maximum absolute atomic E-state index is 12.1. The third-order valence-corrected chi connectivity index (χ3v) is 5.63. The number of carbonyl (C=O) groups excluding carboxylic acids is 2. The van der Waals surface area contributed by atoms with Crippen molar-refractivity contribution in [2.45, 2.75) is 37.5 Å². The first-order valence-electron chi connectivity index (χ1n) is 9.90. The van der Waals surface area contributed by atoms with E-state index in [1.807, 2.05) is 24.4 Å². The van der Waals surface area contributed by atoms with Crippen molar-refractivity contribution < 1.29 is 14.0 Å². The molecule has 154 valence electrons. The molecule has 0 fully saturated rings. The summed E-state index contributed by atoms with van der Waals surface area (Å²) in [6.07, 6.45) is 10.8. The number of thioether (sulfide) groups is 1. The van der Waals surface area contributed by atoms with Crippen LogP contribution in [0.3, 0.4) is 0 Å². The van der Waals surface area contributed by atoms with E-state index in [1.54, 1.807) is 6.26 Å². The summed E-state index contributed by atoms with van der Waals surface area (Å²) in [6, 6.07) is 8.27. The Balaban J connectivity index is 1.33. The Morgan fingerprint density at radius 1 is 1.31 bits per heavy atom. The van der Waals surface area contributed by atoms with Gasteiger partial charge in [-0.25, -0.2) is 0 Å². The number of ketones is 1. The lowest BCUT2D eigenvalue weighted by atomic mass is 10.0. The molecule has 2 aromatic heterocycles. The highest BCUT2D eigenvalue weighted by Gasteiger charge is 2.11. The van der Waals surface area contributed by atoms with Gasteiger partial charge in [0, 0.05) is 30.9 Å². The van der Waals surface area contributed by atoms with Crippen LogP contribution in [-0.2, 0) is 28.2 Å². The van der Waals surface area contributed by atoms with E-state index in [0.717, 1.165) is 30.8 Å². The first-order valence-corrected chi connectivity index (χ1v) is 11.1. The number of hydrogen-bond donors (Lipinski definition) is 2. The van der Waals surface area contributed by atoms with Gasteiger partial charge in [-0.1, -0.05) is 12.2 Å². The van der Waals surface area contributed by atoms with Gasteiger partial charge in [-0.15, -0.1) is 11.8 Å². The molecule has 29 heavy (non-hydrogen) atoms. The first kappa shape index (κ1) is 21.3. The second-order valence-corrected chi connectivity index (χ2v) is 8.04. The maximum Gasteiger partial charge on any atom is 0.230 e. The zero-order valence-electron chi connectivity index (χ0n) is 16.4. The van der Waals surface area contributed by atoms with Gasteiger partial charge in [0.15, 0.2) is 5.78 Å². The number of carbonyl (C=O) groups is 2. The molecule has 1 amide bonds. The number of rotatable bonds is 11. The van der Waals surface area contributed by atoms with Crippen molar-refractivity contribution in [2.75, 3.05) is 18.8 Å². The smallest absolute Gasteiger partial charge is 0.230 e. The van der Waals surface area contributed by atoms with Crippen LogP contribution in [0, 0.1) is 0 Å². The third kappa shape index (κ3) is 7.87. The van der Waals surface area contributed by atoms with E-state index in [9.17, 15) is 9.59 Å². The van der Waals surface area contributed by atoms with Crippen molar-refractivity contribution >= 4 is 23.5 Å². The van der Waals surface area contributed by atoms with Crippen molar-refractivity contribution in [1.82, 2.24) is 15.6 Å². The van der Waals surface area contributed by atoms with Crippen LogP contribution in [0.25, 0.3) is 0 Å². The van der Waals surface area contributed by atoms with Crippen LogP contribution in [-0.4, -0.2) is 41.6 Å². The Labute approximate surface area is 175 Å². The minimum absolute atomic E-state index is 0.0145. The van der Waals surface area contributed by atoms with Crippen LogP contribution >= 0.6 is 11.8 Å². The van der Waals surface area contributed by atoms with Gasteiger partial charge in [-0.3, -0.25) is 14.6 Å². The predicted octanol–water partition coefficient (Wildman–Crippen LogP) is 2.69. The number of Topliss-reactive ketones (excluding diaryl/α,β-unsaturated/α-hetero) is 1. The van der Waals surface area contributed by atoms with Crippen molar-refractivity contribution in [1.29, 1.82) is 0 Å². The molecule has 0 aromatic carbocycles. The lowest BCUT2D eigenvalue weighted by molar-refractivity contribution is -0.123. The summed E-state index contributed by atoms with van der Waals surface area (Å²) >= 11 is 1.46. The molecule has 1 unspecified atom stereocenters. The van der Waals surface area contributed by atoms with Gasteiger partial charge in [-0.2, -0.15) is 0 Å². The quantitative estimate of drug-likeness (QED) is 0.551. The van der Waals surface area contributed by atoms with E-state index in [0.29, 0.717) is 30.4 Å². The standard InChI is InChI=1S/C22H27N3O3S/c26-20(14-25-22(27)16-29-15-21-5-3-11-28-21)7-6-19-13-17(8-10-24-19)12-18-4-1-2-9-23-18/h1-3,5,8,10-11,13,18,23H,4,6-7,9,12,14-16H2,(H,25,27). The molecule has 0 radical (unpaired) electrons. The number of pyridine rings is 1. The monoisotopic (exact) mass is 413 g/mol. The Kier molecular flexibility index (Phi) is 8.52. The van der Waals surface area contributed by atoms with E-state index < -0.39 is 0 Å². The van der Waals surface area contributed by atoms with Gasteiger partial charge in [-0.05, 0) is 49.1 Å². The molecule has 1 atom stereocenters. The summed E-state index contributed by atoms with van der Waals surface area (Å²) in [4.78, 5) is 28.3. The summed E-state index contributed by atoms with van der Waals surface area (Å²) in [5, 5.41) is 6.17. The van der Waals surface area contributed by atoms with Crippen LogP contribution in [0.5, 0.6) is 0 Å². The third-order valence-electron chi connectivity index (χ3n) is 4.68. The predicted molar refractivity (Wildman–Crippen MR) is 115 cm³/mol. The average molecular weight is 414 g/mol. The molecule has 3 heterocycles. The number of aryl methyl sites for hydroxylation is 1. The molecule has 3 rings (SSSR count). The summed E-state index contributed by atoms with van der Waals surface area (Å²) < 4.78 is 5.22. The van der Waals surface area contributed by atoms with Gasteiger partial charge >= 0.3 is 0 Å². The van der Waals surface area contributed by atoms with E-state index in [4.69, 9.17) is 4.42 Å². The number of aromatic nitrogens is 1. The highest BCUT2D eigenvalue weighted by molar-refractivity contribution is 7.99. The molecule has 0 saturated heterocycles. The van der Waals surface area contributed by atoms with Crippen LogP contribution in [0.2, 0.25) is 0 Å². The largest absolute Gasteiger partial charge is 0.468 e. The molecule has 6 nitrogen and oxygen atoms in total. The molecule has 0 aliphatic carbocycles. The van der Waals surface area contributed by atoms with Crippen molar-refractivity contribution in [3.63, 3.8) is 0 Å². The van der Waals surface area contributed by atoms with Crippen molar-refractivity contribution in [2.24, 2.45) is 0 Å². The van der Waals surface area contributed by atoms with Gasteiger partial charge in [0.05, 0.1) is 24.3 Å². The van der Waals surface area contributed by atoms with E-state index >= 15 is 0 Å². The van der Waals surface area contributed by atoms with Gasteiger partial charge < -0.3 is 15.1 Å². The summed E-state index contributed by atoms with van der Waals surface area (Å²) in [7, 11) is 0. The van der Waals surface area contributed by atoms with Crippen molar-refractivity contribution in [3.05, 3.63) is 65.9 Å². The van der Waals surface area contributed by atoms with Gasteiger partial charge in [0.1, 0.15) is 5.76 Å². The zero-order valence-corrected chi connectivity index (χ0v) is 17.2. The maximum atomic E-state index is 12.1. The summed E-state index contributed by atoms with van der Waals surface area (Å²) in [6.45, 7) is 0.988. The SMILES string of the molecule is O=C(CCc1cc(CC2CC=CCN2)ccn1)CNC(=O)CSCc1ccco1. The number of nitrogens with zero attached hydrogens (tertiary/aromatic N) is 1. The number of amides is 1. The van der Waals surface area contributed by atoms with E-state index in [2.05, 4.69) is 33.8 Å². The lowest BCUT2D eigenvalue weighted by Gasteiger charge is -2.19. The highest BCUT2D eigenvalue weighted by atomic mass is 32.2. The molecule has 2 aromatic rings. The Morgan fingerprint density at radius 2 is 2.24 bits per heavy atom. The molecule has 1 aliphatic rings.